The zero-order chi connectivity index (χ0) is 18.0. The van der Waals surface area contributed by atoms with Gasteiger partial charge in [-0.15, -0.1) is 0 Å². The van der Waals surface area contributed by atoms with Crippen molar-refractivity contribution in [3.05, 3.63) is 35.3 Å². The minimum Gasteiger partial charge on any atom is -0.434 e. The molecular weight excluding hydrogens is 315 g/mol. The van der Waals surface area contributed by atoms with Gasteiger partial charge in [0.25, 0.3) is 0 Å². The Balaban J connectivity index is 2.34. The Morgan fingerprint density at radius 2 is 1.79 bits per heavy atom. The van der Waals surface area contributed by atoms with Crippen molar-refractivity contribution in [3.8, 4) is 5.75 Å². The van der Waals surface area contributed by atoms with E-state index in [1.807, 2.05) is 27.7 Å². The molecule has 1 aromatic carbocycles. The van der Waals surface area contributed by atoms with Crippen molar-refractivity contribution in [3.63, 3.8) is 0 Å². The second kappa shape index (κ2) is 7.21. The molecule has 4 nitrogen and oxygen atoms in total. The molecule has 0 radical (unpaired) electrons. The molecule has 7 heteroatoms. The van der Waals surface area contributed by atoms with Crippen LogP contribution in [0.25, 0.3) is 6.08 Å². The number of para-hydroxylation sites is 1. The lowest BCUT2D eigenvalue weighted by Crippen LogP contribution is -2.41. The van der Waals surface area contributed by atoms with E-state index >= 15 is 0 Å². The maximum Gasteiger partial charge on any atom is 0.491 e. The number of nitrogens with one attached hydrogen (secondary N) is 1. The number of ether oxygens (including phenoxy) is 1. The number of halogens is 2. The van der Waals surface area contributed by atoms with Crippen molar-refractivity contribution in [2.75, 3.05) is 13.6 Å². The second-order valence-electron chi connectivity index (χ2n) is 6.75. The highest BCUT2D eigenvalue weighted by Crippen LogP contribution is 2.39. The normalized spacial score (nSPS) is 19.8. The fraction of sp³-hybridized carbons (Fsp3) is 0.529. The predicted octanol–water partition coefficient (Wildman–Crippen LogP) is 3.52. The standard InChI is InChI=1S/C17H24BF2NO3/c1-16(2)17(3,4)24-18(23-16)13(11-21-5)10-12-8-6-7-9-14(12)22-15(19)20/h6-10,15,21H,11H2,1-5H3. The summed E-state index contributed by atoms with van der Waals surface area (Å²) in [5.41, 5.74) is 0.423. The molecule has 0 amide bonds. The molecule has 1 heterocycles. The van der Waals surface area contributed by atoms with Gasteiger partial charge in [-0.05, 0) is 46.3 Å². The molecule has 24 heavy (non-hydrogen) atoms. The van der Waals surface area contributed by atoms with Gasteiger partial charge in [-0.3, -0.25) is 0 Å². The Kier molecular flexibility index (Phi) is 5.68. The van der Waals surface area contributed by atoms with E-state index in [1.165, 1.54) is 6.07 Å². The van der Waals surface area contributed by atoms with Crippen LogP contribution in [0.5, 0.6) is 5.75 Å². The Morgan fingerprint density at radius 1 is 1.21 bits per heavy atom. The number of hydrogen-bond donors (Lipinski definition) is 1. The molecule has 0 spiro atoms. The summed E-state index contributed by atoms with van der Waals surface area (Å²) in [5.74, 6) is 0.123. The van der Waals surface area contributed by atoms with Gasteiger partial charge in [-0.25, -0.2) is 0 Å². The zero-order valence-electron chi connectivity index (χ0n) is 14.7. The third kappa shape index (κ3) is 4.15. The first-order valence-corrected chi connectivity index (χ1v) is 7.91. The van der Waals surface area contributed by atoms with E-state index in [0.717, 1.165) is 5.47 Å². The summed E-state index contributed by atoms with van der Waals surface area (Å²) in [4.78, 5) is 0. The number of hydrogen-bond acceptors (Lipinski definition) is 4. The molecule has 1 aliphatic heterocycles. The highest BCUT2D eigenvalue weighted by molar-refractivity contribution is 6.56. The lowest BCUT2D eigenvalue weighted by atomic mass is 9.77. The smallest absolute Gasteiger partial charge is 0.434 e. The summed E-state index contributed by atoms with van der Waals surface area (Å²) in [7, 11) is 1.25. The number of alkyl halides is 2. The molecular formula is C17H24BF2NO3. The van der Waals surface area contributed by atoms with Crippen LogP contribution in [0.2, 0.25) is 0 Å². The maximum absolute atomic E-state index is 12.6. The maximum atomic E-state index is 12.6. The van der Waals surface area contributed by atoms with Gasteiger partial charge < -0.3 is 19.4 Å². The van der Waals surface area contributed by atoms with Crippen LogP contribution in [0, 0.1) is 0 Å². The first-order valence-electron chi connectivity index (χ1n) is 7.91. The molecule has 0 bridgehead atoms. The van der Waals surface area contributed by atoms with Crippen LogP contribution in [0.3, 0.4) is 0 Å². The van der Waals surface area contributed by atoms with E-state index in [0.29, 0.717) is 12.1 Å². The summed E-state index contributed by atoms with van der Waals surface area (Å²) in [6.07, 6.45) is 1.77. The van der Waals surface area contributed by atoms with E-state index in [-0.39, 0.29) is 5.75 Å². The Labute approximate surface area is 142 Å². The third-order valence-electron chi connectivity index (χ3n) is 4.41. The van der Waals surface area contributed by atoms with Gasteiger partial charge in [0.1, 0.15) is 5.75 Å². The SMILES string of the molecule is CNCC(=Cc1ccccc1OC(F)F)B1OC(C)(C)C(C)(C)O1. The molecule has 0 atom stereocenters. The van der Waals surface area contributed by atoms with Crippen molar-refractivity contribution in [2.24, 2.45) is 0 Å². The van der Waals surface area contributed by atoms with Gasteiger partial charge in [-0.2, -0.15) is 8.78 Å². The molecule has 1 aliphatic rings. The highest BCUT2D eigenvalue weighted by atomic mass is 19.3. The van der Waals surface area contributed by atoms with Crippen LogP contribution in [-0.4, -0.2) is 38.5 Å². The molecule has 1 aromatic rings. The van der Waals surface area contributed by atoms with E-state index in [2.05, 4.69) is 10.1 Å². The first kappa shape index (κ1) is 18.9. The lowest BCUT2D eigenvalue weighted by Gasteiger charge is -2.32. The van der Waals surface area contributed by atoms with Gasteiger partial charge in [0.15, 0.2) is 0 Å². The monoisotopic (exact) mass is 339 g/mol. The highest BCUT2D eigenvalue weighted by Gasteiger charge is 2.52. The van der Waals surface area contributed by atoms with Crippen LogP contribution >= 0.6 is 0 Å². The number of rotatable bonds is 6. The summed E-state index contributed by atoms with van der Waals surface area (Å²) >= 11 is 0. The second-order valence-corrected chi connectivity index (χ2v) is 6.75. The van der Waals surface area contributed by atoms with Gasteiger partial charge in [0.05, 0.1) is 11.2 Å². The predicted molar refractivity (Wildman–Crippen MR) is 91.1 cm³/mol. The summed E-state index contributed by atoms with van der Waals surface area (Å²) in [5, 5.41) is 3.06. The van der Waals surface area contributed by atoms with E-state index in [9.17, 15) is 8.78 Å². The average Bonchev–Trinajstić information content (AvgIpc) is 2.68. The Bertz CT molecular complexity index is 589. The van der Waals surface area contributed by atoms with Gasteiger partial charge in [0, 0.05) is 12.1 Å². The van der Waals surface area contributed by atoms with E-state index in [1.54, 1.807) is 31.3 Å². The van der Waals surface area contributed by atoms with Gasteiger partial charge in [-0.1, -0.05) is 24.3 Å². The van der Waals surface area contributed by atoms with Crippen molar-refractivity contribution >= 4 is 13.2 Å². The number of benzene rings is 1. The minimum absolute atomic E-state index is 0.123. The van der Waals surface area contributed by atoms with Crippen molar-refractivity contribution in [1.29, 1.82) is 0 Å². The zero-order valence-corrected chi connectivity index (χ0v) is 14.7. The molecule has 132 valence electrons. The molecule has 0 aromatic heterocycles. The Morgan fingerprint density at radius 3 is 2.33 bits per heavy atom. The summed E-state index contributed by atoms with van der Waals surface area (Å²) in [6.45, 7) is 5.51. The third-order valence-corrected chi connectivity index (χ3v) is 4.41. The molecule has 0 aliphatic carbocycles. The fourth-order valence-corrected chi connectivity index (χ4v) is 2.40. The molecule has 1 N–H and O–H groups in total. The van der Waals surface area contributed by atoms with Gasteiger partial charge in [0.2, 0.25) is 0 Å². The van der Waals surface area contributed by atoms with Crippen LogP contribution in [-0.2, 0) is 9.31 Å². The fourth-order valence-electron chi connectivity index (χ4n) is 2.40. The minimum atomic E-state index is -2.87. The molecule has 0 unspecified atom stereocenters. The lowest BCUT2D eigenvalue weighted by molar-refractivity contribution is -0.0499. The molecule has 2 rings (SSSR count). The van der Waals surface area contributed by atoms with Crippen LogP contribution in [0.1, 0.15) is 33.3 Å². The quantitative estimate of drug-likeness (QED) is 0.805. The van der Waals surface area contributed by atoms with E-state index in [4.69, 9.17) is 9.31 Å². The first-order chi connectivity index (χ1) is 11.2. The molecule has 1 saturated heterocycles. The Hall–Kier alpha value is -1.44. The largest absolute Gasteiger partial charge is 0.491 e. The van der Waals surface area contributed by atoms with Crippen LogP contribution in [0.15, 0.2) is 29.7 Å². The molecule has 1 fully saturated rings. The molecule has 0 saturated carbocycles. The van der Waals surface area contributed by atoms with E-state index < -0.39 is 24.9 Å². The van der Waals surface area contributed by atoms with Gasteiger partial charge >= 0.3 is 13.7 Å². The summed E-state index contributed by atoms with van der Waals surface area (Å²) < 4.78 is 41.9. The summed E-state index contributed by atoms with van der Waals surface area (Å²) in [6, 6.07) is 6.66. The average molecular weight is 339 g/mol. The van der Waals surface area contributed by atoms with Crippen molar-refractivity contribution in [2.45, 2.75) is 45.5 Å². The van der Waals surface area contributed by atoms with Crippen LogP contribution in [0.4, 0.5) is 8.78 Å². The van der Waals surface area contributed by atoms with Crippen LogP contribution < -0.4 is 10.1 Å². The number of likely N-dealkylation sites (N-methyl/N-ethyl adjacent to an activating group) is 1. The van der Waals surface area contributed by atoms with Crippen molar-refractivity contribution < 1.29 is 22.8 Å². The topological polar surface area (TPSA) is 39.7 Å². The van der Waals surface area contributed by atoms with Crippen molar-refractivity contribution in [1.82, 2.24) is 5.32 Å².